The summed E-state index contributed by atoms with van der Waals surface area (Å²) in [6, 6.07) is 12.2. The summed E-state index contributed by atoms with van der Waals surface area (Å²) in [4.78, 5) is 12.9. The molecule has 0 radical (unpaired) electrons. The Balaban J connectivity index is 1.90. The zero-order valence-electron chi connectivity index (χ0n) is 13.3. The molecule has 132 valence electrons. The molecule has 0 aromatic heterocycles. The van der Waals surface area contributed by atoms with Crippen molar-refractivity contribution >= 4 is 27.1 Å². The molecule has 0 saturated carbocycles. The molecule has 0 amide bonds. The number of rotatable bonds is 5. The van der Waals surface area contributed by atoms with Gasteiger partial charge in [0, 0.05) is 19.2 Å². The molecule has 25 heavy (non-hydrogen) atoms. The largest absolute Gasteiger partial charge is 0.378 e. The fraction of sp³-hybridized carbons (Fsp3) is 0.250. The molecule has 0 unspecified atom stereocenters. The van der Waals surface area contributed by atoms with Gasteiger partial charge in [0.25, 0.3) is 15.7 Å². The van der Waals surface area contributed by atoms with Crippen molar-refractivity contribution in [3.05, 3.63) is 58.6 Å². The lowest BCUT2D eigenvalue weighted by molar-refractivity contribution is -0.384. The van der Waals surface area contributed by atoms with Crippen LogP contribution in [0.25, 0.3) is 0 Å². The molecule has 1 fully saturated rings. The molecule has 1 aliphatic heterocycles. The monoisotopic (exact) mass is 363 g/mol. The standard InChI is InChI=1S/C16H17N3O5S/c20-19(21)16-12-13(6-7-15(16)18-8-10-24-11-9-18)17-25(22,23)14-4-2-1-3-5-14/h1-7,12,17H,8-11H2. The topological polar surface area (TPSA) is 102 Å². The maximum atomic E-state index is 12.4. The third-order valence-electron chi connectivity index (χ3n) is 3.83. The first-order chi connectivity index (χ1) is 12.0. The Kier molecular flexibility index (Phi) is 4.86. The van der Waals surface area contributed by atoms with E-state index in [1.54, 1.807) is 24.3 Å². The van der Waals surface area contributed by atoms with E-state index in [0.717, 1.165) is 0 Å². The summed E-state index contributed by atoms with van der Waals surface area (Å²) in [6.45, 7) is 2.10. The molecule has 0 atom stereocenters. The highest BCUT2D eigenvalue weighted by molar-refractivity contribution is 7.92. The summed E-state index contributed by atoms with van der Waals surface area (Å²) < 4.78 is 32.4. The van der Waals surface area contributed by atoms with E-state index in [2.05, 4.69) is 4.72 Å². The number of benzene rings is 2. The van der Waals surface area contributed by atoms with Crippen LogP contribution in [0.5, 0.6) is 0 Å². The van der Waals surface area contributed by atoms with Crippen LogP contribution in [-0.4, -0.2) is 39.6 Å². The van der Waals surface area contributed by atoms with Gasteiger partial charge in [-0.2, -0.15) is 0 Å². The Morgan fingerprint density at radius 2 is 1.76 bits per heavy atom. The predicted octanol–water partition coefficient (Wildman–Crippen LogP) is 2.23. The Labute approximate surface area is 145 Å². The van der Waals surface area contributed by atoms with Crippen molar-refractivity contribution in [2.45, 2.75) is 4.90 Å². The van der Waals surface area contributed by atoms with E-state index in [1.807, 2.05) is 4.90 Å². The molecule has 0 bridgehead atoms. The minimum atomic E-state index is -3.80. The zero-order chi connectivity index (χ0) is 17.9. The number of nitrogens with one attached hydrogen (secondary N) is 1. The van der Waals surface area contributed by atoms with Gasteiger partial charge in [-0.15, -0.1) is 0 Å². The molecular formula is C16H17N3O5S. The summed E-state index contributed by atoms with van der Waals surface area (Å²) in [5.41, 5.74) is 0.457. The molecule has 1 saturated heterocycles. The number of nitro groups is 1. The molecule has 2 aromatic rings. The van der Waals surface area contributed by atoms with Crippen LogP contribution in [0, 0.1) is 10.1 Å². The minimum absolute atomic E-state index is 0.0925. The first kappa shape index (κ1) is 17.2. The molecule has 3 rings (SSSR count). The average Bonchev–Trinajstić information content (AvgIpc) is 2.63. The maximum Gasteiger partial charge on any atom is 0.294 e. The number of hydrogen-bond donors (Lipinski definition) is 1. The van der Waals surface area contributed by atoms with E-state index in [4.69, 9.17) is 4.74 Å². The van der Waals surface area contributed by atoms with Gasteiger partial charge < -0.3 is 9.64 Å². The maximum absolute atomic E-state index is 12.4. The van der Waals surface area contributed by atoms with Gasteiger partial charge in [0.15, 0.2) is 0 Å². The molecule has 1 N–H and O–H groups in total. The van der Waals surface area contributed by atoms with Crippen LogP contribution in [0.4, 0.5) is 17.1 Å². The van der Waals surface area contributed by atoms with Crippen LogP contribution in [0.15, 0.2) is 53.4 Å². The molecule has 1 aliphatic rings. The third-order valence-corrected chi connectivity index (χ3v) is 5.23. The number of morpholine rings is 1. The summed E-state index contributed by atoms with van der Waals surface area (Å²) in [6.07, 6.45) is 0. The molecule has 2 aromatic carbocycles. The zero-order valence-corrected chi connectivity index (χ0v) is 14.1. The van der Waals surface area contributed by atoms with Crippen molar-refractivity contribution in [2.24, 2.45) is 0 Å². The lowest BCUT2D eigenvalue weighted by atomic mass is 10.2. The number of nitrogens with zero attached hydrogens (tertiary/aromatic N) is 2. The Bertz CT molecular complexity index is 865. The fourth-order valence-corrected chi connectivity index (χ4v) is 3.69. The van der Waals surface area contributed by atoms with Crippen LogP contribution in [0.2, 0.25) is 0 Å². The SMILES string of the molecule is O=[N+]([O-])c1cc(NS(=O)(=O)c2ccccc2)ccc1N1CCOCC1. The second kappa shape index (κ2) is 7.08. The van der Waals surface area contributed by atoms with E-state index in [-0.39, 0.29) is 16.3 Å². The van der Waals surface area contributed by atoms with Crippen molar-refractivity contribution in [1.82, 2.24) is 0 Å². The van der Waals surface area contributed by atoms with Gasteiger partial charge in [-0.1, -0.05) is 18.2 Å². The quantitative estimate of drug-likeness (QED) is 0.646. The molecule has 1 heterocycles. The highest BCUT2D eigenvalue weighted by Crippen LogP contribution is 2.32. The van der Waals surface area contributed by atoms with E-state index in [9.17, 15) is 18.5 Å². The number of nitro benzene ring substituents is 1. The summed E-state index contributed by atoms with van der Waals surface area (Å²) >= 11 is 0. The van der Waals surface area contributed by atoms with E-state index in [0.29, 0.717) is 32.0 Å². The minimum Gasteiger partial charge on any atom is -0.378 e. The number of ether oxygens (including phenoxy) is 1. The lowest BCUT2D eigenvalue weighted by Gasteiger charge is -2.28. The van der Waals surface area contributed by atoms with Crippen molar-refractivity contribution in [3.8, 4) is 0 Å². The molecule has 0 spiro atoms. The van der Waals surface area contributed by atoms with E-state index >= 15 is 0 Å². The third kappa shape index (κ3) is 3.89. The van der Waals surface area contributed by atoms with E-state index < -0.39 is 14.9 Å². The van der Waals surface area contributed by atoms with Gasteiger partial charge >= 0.3 is 0 Å². The predicted molar refractivity (Wildman–Crippen MR) is 93.4 cm³/mol. The Morgan fingerprint density at radius 1 is 1.08 bits per heavy atom. The smallest absolute Gasteiger partial charge is 0.294 e. The first-order valence-electron chi connectivity index (χ1n) is 7.66. The van der Waals surface area contributed by atoms with Gasteiger partial charge in [-0.25, -0.2) is 8.42 Å². The fourth-order valence-electron chi connectivity index (χ4n) is 2.62. The Morgan fingerprint density at radius 3 is 2.40 bits per heavy atom. The van der Waals surface area contributed by atoms with Gasteiger partial charge in [0.2, 0.25) is 0 Å². The van der Waals surface area contributed by atoms with Gasteiger partial charge in [-0.05, 0) is 24.3 Å². The number of anilines is 2. The van der Waals surface area contributed by atoms with Gasteiger partial charge in [0.1, 0.15) is 5.69 Å². The number of hydrogen-bond acceptors (Lipinski definition) is 6. The molecular weight excluding hydrogens is 346 g/mol. The highest BCUT2D eigenvalue weighted by Gasteiger charge is 2.23. The summed E-state index contributed by atoms with van der Waals surface area (Å²) in [5.74, 6) is 0. The van der Waals surface area contributed by atoms with Crippen molar-refractivity contribution in [1.29, 1.82) is 0 Å². The van der Waals surface area contributed by atoms with Crippen LogP contribution in [-0.2, 0) is 14.8 Å². The van der Waals surface area contributed by atoms with Crippen LogP contribution in [0.3, 0.4) is 0 Å². The van der Waals surface area contributed by atoms with E-state index in [1.165, 1.54) is 24.3 Å². The van der Waals surface area contributed by atoms with Gasteiger partial charge in [-0.3, -0.25) is 14.8 Å². The summed E-state index contributed by atoms with van der Waals surface area (Å²) in [7, 11) is -3.80. The second-order valence-corrected chi connectivity index (χ2v) is 7.16. The van der Waals surface area contributed by atoms with Crippen molar-refractivity contribution in [3.63, 3.8) is 0 Å². The normalized spacial score (nSPS) is 15.0. The molecule has 9 heteroatoms. The van der Waals surface area contributed by atoms with Crippen LogP contribution in [0.1, 0.15) is 0 Å². The lowest BCUT2D eigenvalue weighted by Crippen LogP contribution is -2.36. The first-order valence-corrected chi connectivity index (χ1v) is 9.15. The number of sulfonamides is 1. The van der Waals surface area contributed by atoms with Gasteiger partial charge in [0.05, 0.1) is 28.7 Å². The highest BCUT2D eigenvalue weighted by atomic mass is 32.2. The van der Waals surface area contributed by atoms with Crippen LogP contribution >= 0.6 is 0 Å². The van der Waals surface area contributed by atoms with Crippen molar-refractivity contribution in [2.75, 3.05) is 35.9 Å². The molecule has 0 aliphatic carbocycles. The van der Waals surface area contributed by atoms with Crippen molar-refractivity contribution < 1.29 is 18.1 Å². The second-order valence-electron chi connectivity index (χ2n) is 5.48. The van der Waals surface area contributed by atoms with Crippen LogP contribution < -0.4 is 9.62 Å². The average molecular weight is 363 g/mol. The molecule has 8 nitrogen and oxygen atoms in total. The Hall–Kier alpha value is -2.65. The summed E-state index contributed by atoms with van der Waals surface area (Å²) in [5, 5.41) is 11.4.